The minimum atomic E-state index is -1.48. The molecule has 0 saturated carbocycles. The average molecular weight is 704 g/mol. The Morgan fingerprint density at radius 3 is 2.18 bits per heavy atom. The van der Waals surface area contributed by atoms with Crippen molar-refractivity contribution in [2.24, 2.45) is 0 Å². The van der Waals surface area contributed by atoms with E-state index in [-0.39, 0.29) is 37.7 Å². The molecule has 3 atom stereocenters. The monoisotopic (exact) mass is 703 g/mol. The Labute approximate surface area is 299 Å². The summed E-state index contributed by atoms with van der Waals surface area (Å²) in [5.74, 6) is -2.27. The Balaban J connectivity index is 1.60. The molecule has 3 aromatic rings. The molecule has 12 heteroatoms. The molecule has 1 heterocycles. The maximum atomic E-state index is 14.4. The van der Waals surface area contributed by atoms with Gasteiger partial charge in [-0.15, -0.1) is 0 Å². The van der Waals surface area contributed by atoms with Crippen molar-refractivity contribution in [3.8, 4) is 0 Å². The molecule has 11 nitrogen and oxygen atoms in total. The molecule has 0 radical (unpaired) electrons. The number of carbonyl (C=O) groups excluding carboxylic acids is 5. The number of carbonyl (C=O) groups is 5. The van der Waals surface area contributed by atoms with Gasteiger partial charge in [0.25, 0.3) is 0 Å². The summed E-state index contributed by atoms with van der Waals surface area (Å²) in [5.41, 5.74) is -0.803. The van der Waals surface area contributed by atoms with Gasteiger partial charge in [0, 0.05) is 33.0 Å². The smallest absolute Gasteiger partial charge is 0.408 e. The van der Waals surface area contributed by atoms with Gasteiger partial charge in [-0.1, -0.05) is 67.9 Å². The Morgan fingerprint density at radius 1 is 0.902 bits per heavy atom. The van der Waals surface area contributed by atoms with Crippen molar-refractivity contribution < 1.29 is 33.1 Å². The summed E-state index contributed by atoms with van der Waals surface area (Å²) in [4.78, 5) is 71.3. The molecule has 3 N–H and O–H groups in total. The minimum absolute atomic E-state index is 0.00342. The SMILES string of the molecule is CCC[C@H]1C(=O)N([C@@H](Cc2ccc3ccccc3c2)C(=O)NC)CCN1C(=O)[C@@H](Cc1ccc(F)cc1)NC(=O)C(C)(C)NC(=O)OC(C)(C)C. The fourth-order valence-electron chi connectivity index (χ4n) is 6.24. The molecule has 0 aromatic heterocycles. The number of amides is 5. The lowest BCUT2D eigenvalue weighted by molar-refractivity contribution is -0.157. The van der Waals surface area contributed by atoms with Crippen molar-refractivity contribution in [1.82, 2.24) is 25.8 Å². The number of nitrogens with zero attached hydrogens (tertiary/aromatic N) is 2. The number of halogens is 1. The second kappa shape index (κ2) is 16.3. The Bertz CT molecular complexity index is 1740. The highest BCUT2D eigenvalue weighted by Crippen LogP contribution is 2.24. The Morgan fingerprint density at radius 2 is 1.55 bits per heavy atom. The summed E-state index contributed by atoms with van der Waals surface area (Å²) in [6.07, 6.45) is 0.393. The van der Waals surface area contributed by atoms with Crippen LogP contribution in [-0.4, -0.2) is 88.9 Å². The molecule has 4 rings (SSSR count). The number of nitrogens with one attached hydrogen (secondary N) is 3. The zero-order valence-corrected chi connectivity index (χ0v) is 30.5. The zero-order valence-electron chi connectivity index (χ0n) is 30.5. The van der Waals surface area contributed by atoms with E-state index in [1.54, 1.807) is 25.7 Å². The van der Waals surface area contributed by atoms with Crippen molar-refractivity contribution in [3.63, 3.8) is 0 Å². The van der Waals surface area contributed by atoms with Gasteiger partial charge in [-0.25, -0.2) is 9.18 Å². The van der Waals surface area contributed by atoms with Crippen LogP contribution in [0.25, 0.3) is 10.8 Å². The van der Waals surface area contributed by atoms with Crippen molar-refractivity contribution in [3.05, 3.63) is 83.7 Å². The minimum Gasteiger partial charge on any atom is -0.444 e. The van der Waals surface area contributed by atoms with Crippen molar-refractivity contribution in [2.45, 2.75) is 96.5 Å². The van der Waals surface area contributed by atoms with Crippen LogP contribution in [-0.2, 0) is 36.8 Å². The number of piperazine rings is 1. The summed E-state index contributed by atoms with van der Waals surface area (Å²) < 4.78 is 19.1. The lowest BCUT2D eigenvalue weighted by atomic mass is 9.96. The maximum Gasteiger partial charge on any atom is 0.408 e. The molecular weight excluding hydrogens is 653 g/mol. The van der Waals surface area contributed by atoms with E-state index >= 15 is 0 Å². The van der Waals surface area contributed by atoms with Gasteiger partial charge in [0.2, 0.25) is 23.6 Å². The number of likely N-dealkylation sites (N-methyl/N-ethyl adjacent to an activating group) is 1. The van der Waals surface area contributed by atoms with Crippen LogP contribution in [0.3, 0.4) is 0 Å². The number of alkyl carbamates (subject to hydrolysis) is 1. The molecule has 1 saturated heterocycles. The van der Waals surface area contributed by atoms with Gasteiger partial charge < -0.3 is 30.5 Å². The van der Waals surface area contributed by atoms with Crippen LogP contribution >= 0.6 is 0 Å². The van der Waals surface area contributed by atoms with Crippen molar-refractivity contribution >= 4 is 40.5 Å². The summed E-state index contributed by atoms with van der Waals surface area (Å²) in [5, 5.41) is 10.1. The lowest BCUT2D eigenvalue weighted by Gasteiger charge is -2.44. The highest BCUT2D eigenvalue weighted by molar-refractivity contribution is 5.97. The first-order chi connectivity index (χ1) is 24.0. The van der Waals surface area contributed by atoms with E-state index in [4.69, 9.17) is 4.74 Å². The normalized spacial score (nSPS) is 16.3. The summed E-state index contributed by atoms with van der Waals surface area (Å²) in [7, 11) is 1.53. The highest BCUT2D eigenvalue weighted by Gasteiger charge is 2.44. The molecule has 274 valence electrons. The van der Waals surface area contributed by atoms with Crippen LogP contribution in [0.4, 0.5) is 9.18 Å². The summed E-state index contributed by atoms with van der Waals surface area (Å²) in [6, 6.07) is 16.6. The third kappa shape index (κ3) is 10.0. The molecular formula is C39H50FN5O6. The van der Waals surface area contributed by atoms with Gasteiger partial charge in [-0.05, 0) is 75.1 Å². The molecule has 0 aliphatic carbocycles. The summed E-state index contributed by atoms with van der Waals surface area (Å²) >= 11 is 0. The van der Waals surface area contributed by atoms with E-state index in [1.165, 1.54) is 50.1 Å². The van der Waals surface area contributed by atoms with Crippen LogP contribution in [0.15, 0.2) is 66.7 Å². The molecule has 5 amide bonds. The van der Waals surface area contributed by atoms with Crippen LogP contribution in [0, 0.1) is 5.82 Å². The number of rotatable bonds is 12. The van der Waals surface area contributed by atoms with Gasteiger partial charge in [0.15, 0.2) is 0 Å². The van der Waals surface area contributed by atoms with Gasteiger partial charge >= 0.3 is 6.09 Å². The van der Waals surface area contributed by atoms with Gasteiger partial charge in [0.1, 0.15) is 35.1 Å². The van der Waals surface area contributed by atoms with Crippen molar-refractivity contribution in [2.75, 3.05) is 20.1 Å². The Hall–Kier alpha value is -5.00. The molecule has 51 heavy (non-hydrogen) atoms. The van der Waals surface area contributed by atoms with Crippen LogP contribution < -0.4 is 16.0 Å². The van der Waals surface area contributed by atoms with E-state index in [0.717, 1.165) is 16.3 Å². The van der Waals surface area contributed by atoms with E-state index in [2.05, 4.69) is 16.0 Å². The molecule has 1 aliphatic heterocycles. The number of hydrogen-bond acceptors (Lipinski definition) is 6. The van der Waals surface area contributed by atoms with Gasteiger partial charge in [0.05, 0.1) is 0 Å². The predicted octanol–water partition coefficient (Wildman–Crippen LogP) is 4.51. The quantitative estimate of drug-likeness (QED) is 0.254. The topological polar surface area (TPSA) is 137 Å². The lowest BCUT2D eigenvalue weighted by Crippen LogP contribution is -2.66. The highest BCUT2D eigenvalue weighted by atomic mass is 19.1. The van der Waals surface area contributed by atoms with Crippen molar-refractivity contribution in [1.29, 1.82) is 0 Å². The van der Waals surface area contributed by atoms with Crippen LogP contribution in [0.2, 0.25) is 0 Å². The molecule has 0 bridgehead atoms. The predicted molar refractivity (Wildman–Crippen MR) is 193 cm³/mol. The van der Waals surface area contributed by atoms with Gasteiger partial charge in [-0.3, -0.25) is 19.2 Å². The fourth-order valence-corrected chi connectivity index (χ4v) is 6.24. The van der Waals surface area contributed by atoms with Gasteiger partial charge in [-0.2, -0.15) is 0 Å². The first-order valence-corrected chi connectivity index (χ1v) is 17.4. The van der Waals surface area contributed by atoms with Crippen LogP contribution in [0.5, 0.6) is 0 Å². The van der Waals surface area contributed by atoms with E-state index in [9.17, 15) is 28.4 Å². The van der Waals surface area contributed by atoms with E-state index in [1.807, 2.05) is 49.4 Å². The molecule has 0 spiro atoms. The number of fused-ring (bicyclic) bond motifs is 1. The third-order valence-electron chi connectivity index (χ3n) is 8.88. The number of ether oxygens (including phenoxy) is 1. The van der Waals surface area contributed by atoms with E-state index in [0.29, 0.717) is 18.4 Å². The molecule has 1 aliphatic rings. The maximum absolute atomic E-state index is 14.4. The fraction of sp³-hybridized carbons (Fsp3) is 0.462. The summed E-state index contributed by atoms with van der Waals surface area (Å²) in [6.45, 7) is 10.2. The standard InChI is InChI=1S/C39H50FN5O6/c1-8-11-31-35(48)45(32(33(46)41-7)24-26-14-17-27-12-9-10-13-28(27)22-26)21-20-44(31)34(47)30(23-25-15-18-29(40)19-16-25)42-36(49)39(5,6)43-37(50)51-38(2,3)4/h9-10,12-19,22,30-32H,8,11,20-21,23-24H2,1-7H3,(H,41,46)(H,42,49)(H,43,50)/t30-,31+,32+/m1/s1. The first kappa shape index (κ1) is 38.8. The first-order valence-electron chi connectivity index (χ1n) is 17.4. The zero-order chi connectivity index (χ0) is 37.5. The molecule has 3 aromatic carbocycles. The average Bonchev–Trinajstić information content (AvgIpc) is 3.07. The largest absolute Gasteiger partial charge is 0.444 e. The Kier molecular flexibility index (Phi) is 12.4. The second-order valence-corrected chi connectivity index (χ2v) is 14.5. The third-order valence-corrected chi connectivity index (χ3v) is 8.88. The van der Waals surface area contributed by atoms with Crippen LogP contribution in [0.1, 0.15) is 65.5 Å². The number of hydrogen-bond donors (Lipinski definition) is 3. The number of benzene rings is 3. The molecule has 1 fully saturated rings. The second-order valence-electron chi connectivity index (χ2n) is 14.5. The molecule has 0 unspecified atom stereocenters. The van der Waals surface area contributed by atoms with E-state index < -0.39 is 53.0 Å².